The van der Waals surface area contributed by atoms with Gasteiger partial charge in [-0.05, 0) is 30.5 Å². The van der Waals surface area contributed by atoms with Crippen LogP contribution in [0.4, 0.5) is 5.82 Å². The van der Waals surface area contributed by atoms with E-state index in [9.17, 15) is 14.4 Å². The van der Waals surface area contributed by atoms with Crippen molar-refractivity contribution in [3.63, 3.8) is 0 Å². The van der Waals surface area contributed by atoms with Crippen LogP contribution in [0.15, 0.2) is 56.8 Å². The summed E-state index contributed by atoms with van der Waals surface area (Å²) in [4.78, 5) is 41.4. The molecule has 2 atom stereocenters. The Labute approximate surface area is 180 Å². The number of aromatic nitrogens is 1. The number of ether oxygens (including phenoxy) is 1. The average Bonchev–Trinajstić information content (AvgIpc) is 3.54. The average molecular weight is 436 g/mol. The minimum absolute atomic E-state index is 0.00890. The van der Waals surface area contributed by atoms with Crippen molar-refractivity contribution >= 4 is 45.6 Å². The van der Waals surface area contributed by atoms with Gasteiger partial charge in [0.15, 0.2) is 22.9 Å². The molecule has 1 aromatic carbocycles. The molecule has 4 heterocycles. The molecule has 1 amide bonds. The van der Waals surface area contributed by atoms with Crippen molar-refractivity contribution in [3.05, 3.63) is 64.2 Å². The number of carbonyl (C=O) groups excluding carboxylic acids is 3. The summed E-state index contributed by atoms with van der Waals surface area (Å²) in [6.45, 7) is 1.68. The van der Waals surface area contributed by atoms with Gasteiger partial charge in [0.1, 0.15) is 11.7 Å². The van der Waals surface area contributed by atoms with Crippen LogP contribution in [0.3, 0.4) is 0 Å². The molecule has 1 aliphatic heterocycles. The van der Waals surface area contributed by atoms with E-state index in [1.54, 1.807) is 49.4 Å². The van der Waals surface area contributed by atoms with Gasteiger partial charge in [0.05, 0.1) is 13.2 Å². The van der Waals surface area contributed by atoms with Gasteiger partial charge in [-0.3, -0.25) is 19.3 Å². The van der Waals surface area contributed by atoms with Gasteiger partial charge >= 0.3 is 0 Å². The van der Waals surface area contributed by atoms with E-state index in [2.05, 4.69) is 5.16 Å². The summed E-state index contributed by atoms with van der Waals surface area (Å²) in [5.74, 6) is -2.32. The number of hydrogen-bond donors (Lipinski definition) is 0. The summed E-state index contributed by atoms with van der Waals surface area (Å²) in [6, 6.07) is 11.1. The maximum Gasteiger partial charge on any atom is 0.297 e. The van der Waals surface area contributed by atoms with Gasteiger partial charge in [0.25, 0.3) is 5.91 Å². The Morgan fingerprint density at radius 3 is 2.71 bits per heavy atom. The van der Waals surface area contributed by atoms with Crippen LogP contribution in [0, 0.1) is 12.8 Å². The monoisotopic (exact) mass is 436 g/mol. The van der Waals surface area contributed by atoms with Crippen LogP contribution >= 0.6 is 11.3 Å². The molecule has 0 radical (unpaired) electrons. The van der Waals surface area contributed by atoms with Crippen LogP contribution in [0.5, 0.6) is 5.75 Å². The number of hydrogen-bond acceptors (Lipinski definition) is 8. The lowest BCUT2D eigenvalue weighted by Gasteiger charge is -2.23. The van der Waals surface area contributed by atoms with E-state index in [1.807, 2.05) is 5.38 Å². The normalized spacial score (nSPS) is 18.8. The van der Waals surface area contributed by atoms with E-state index >= 15 is 0 Å². The first kappa shape index (κ1) is 19.3. The Hall–Kier alpha value is -3.72. The van der Waals surface area contributed by atoms with E-state index in [1.165, 1.54) is 23.3 Å². The molecule has 1 saturated heterocycles. The third kappa shape index (κ3) is 2.97. The lowest BCUT2D eigenvalue weighted by atomic mass is 9.91. The number of carbonyl (C=O) groups is 3. The minimum atomic E-state index is -1.27. The molecule has 5 rings (SSSR count). The van der Waals surface area contributed by atoms with Crippen molar-refractivity contribution in [2.75, 3.05) is 12.0 Å². The second kappa shape index (κ2) is 7.21. The minimum Gasteiger partial charge on any atom is -0.493 e. The third-order valence-electron chi connectivity index (χ3n) is 5.26. The molecule has 9 heteroatoms. The van der Waals surface area contributed by atoms with Gasteiger partial charge in [-0.25, -0.2) is 0 Å². The Bertz CT molecular complexity index is 1320. The van der Waals surface area contributed by atoms with Gasteiger partial charge in [-0.1, -0.05) is 23.4 Å². The molecule has 0 bridgehead atoms. The highest BCUT2D eigenvalue weighted by molar-refractivity contribution is 7.10. The van der Waals surface area contributed by atoms with Crippen LogP contribution in [0.1, 0.15) is 27.2 Å². The van der Waals surface area contributed by atoms with Crippen molar-refractivity contribution in [2.45, 2.75) is 13.0 Å². The first-order valence-electron chi connectivity index (χ1n) is 9.44. The molecule has 4 aromatic rings. The number of anilines is 1. The molecular formula is C22H16N2O6S. The number of rotatable bonds is 5. The van der Waals surface area contributed by atoms with E-state index in [-0.39, 0.29) is 11.6 Å². The second-order valence-corrected chi connectivity index (χ2v) is 8.11. The van der Waals surface area contributed by atoms with Gasteiger partial charge in [-0.15, -0.1) is 11.3 Å². The highest BCUT2D eigenvalue weighted by Crippen LogP contribution is 2.43. The largest absolute Gasteiger partial charge is 0.493 e. The quantitative estimate of drug-likeness (QED) is 0.265. The second-order valence-electron chi connectivity index (χ2n) is 7.13. The molecule has 156 valence electrons. The Kier molecular flexibility index (Phi) is 4.48. The van der Waals surface area contributed by atoms with Crippen LogP contribution in [0.25, 0.3) is 11.0 Å². The molecule has 1 aliphatic rings. The number of nitrogens with zero attached hydrogens (tertiary/aromatic N) is 2. The van der Waals surface area contributed by atoms with Crippen molar-refractivity contribution < 1.29 is 28.1 Å². The number of furan rings is 1. The van der Waals surface area contributed by atoms with Gasteiger partial charge < -0.3 is 13.7 Å². The number of thiophene rings is 1. The predicted molar refractivity (Wildman–Crippen MR) is 111 cm³/mol. The number of methoxy groups -OCH3 is 1. The molecule has 0 N–H and O–H groups in total. The fourth-order valence-corrected chi connectivity index (χ4v) is 4.72. The highest BCUT2D eigenvalue weighted by Gasteiger charge is 2.54. The zero-order chi connectivity index (χ0) is 21.7. The van der Waals surface area contributed by atoms with Crippen LogP contribution in [-0.2, 0) is 9.59 Å². The summed E-state index contributed by atoms with van der Waals surface area (Å²) in [7, 11) is 1.50. The summed E-state index contributed by atoms with van der Waals surface area (Å²) >= 11 is 1.35. The predicted octanol–water partition coefficient (Wildman–Crippen LogP) is 3.96. The summed E-state index contributed by atoms with van der Waals surface area (Å²) < 4.78 is 16.2. The van der Waals surface area contributed by atoms with Crippen LogP contribution in [-0.4, -0.2) is 29.7 Å². The topological polar surface area (TPSA) is 103 Å². The molecule has 2 unspecified atom stereocenters. The summed E-state index contributed by atoms with van der Waals surface area (Å²) in [6.07, 6.45) is 0. The van der Waals surface area contributed by atoms with Crippen LogP contribution < -0.4 is 9.64 Å². The molecule has 0 aliphatic carbocycles. The fourth-order valence-electron chi connectivity index (χ4n) is 3.87. The molecule has 31 heavy (non-hydrogen) atoms. The SMILES string of the molecule is COc1cccc2cc(C(=O)C3C(=O)C(=O)N(c4cc(C)on4)C3c3cccs3)oc12. The van der Waals surface area contributed by atoms with E-state index in [0.29, 0.717) is 27.4 Å². The lowest BCUT2D eigenvalue weighted by Crippen LogP contribution is -2.30. The Morgan fingerprint density at radius 2 is 2.03 bits per heavy atom. The first-order chi connectivity index (χ1) is 15.0. The summed E-state index contributed by atoms with van der Waals surface area (Å²) in [5, 5.41) is 6.38. The number of fused-ring (bicyclic) bond motifs is 1. The standard InChI is InChI=1S/C22H16N2O6S/c1-11-9-16(23-30-11)24-18(15-7-4-8-31-15)17(20(26)22(24)27)19(25)14-10-12-5-3-6-13(28-2)21(12)29-14/h3-10,17-18H,1-2H3. The smallest absolute Gasteiger partial charge is 0.297 e. The zero-order valence-corrected chi connectivity index (χ0v) is 17.3. The number of ketones is 2. The molecule has 1 fully saturated rings. The van der Waals surface area contributed by atoms with Crippen molar-refractivity contribution in [1.82, 2.24) is 5.16 Å². The third-order valence-corrected chi connectivity index (χ3v) is 6.20. The fraction of sp³-hybridized carbons (Fsp3) is 0.182. The van der Waals surface area contributed by atoms with Gasteiger partial charge in [0, 0.05) is 16.3 Å². The van der Waals surface area contributed by atoms with Gasteiger partial charge in [-0.2, -0.15) is 0 Å². The molecular weight excluding hydrogens is 420 g/mol. The number of amides is 1. The number of benzene rings is 1. The van der Waals surface area contributed by atoms with Crippen molar-refractivity contribution in [3.8, 4) is 5.75 Å². The van der Waals surface area contributed by atoms with Gasteiger partial charge in [0.2, 0.25) is 11.6 Å². The Balaban J connectivity index is 1.62. The van der Waals surface area contributed by atoms with Crippen molar-refractivity contribution in [2.24, 2.45) is 5.92 Å². The molecule has 0 spiro atoms. The number of aryl methyl sites for hydroxylation is 1. The van der Waals surface area contributed by atoms with Crippen LogP contribution in [0.2, 0.25) is 0 Å². The number of para-hydroxylation sites is 1. The van der Waals surface area contributed by atoms with E-state index < -0.39 is 29.4 Å². The number of Topliss-reactive ketones (excluding diaryl/α,β-unsaturated/α-hetero) is 2. The van der Waals surface area contributed by atoms with E-state index in [0.717, 1.165) is 0 Å². The lowest BCUT2D eigenvalue weighted by molar-refractivity contribution is -0.135. The maximum atomic E-state index is 13.5. The molecule has 3 aromatic heterocycles. The summed E-state index contributed by atoms with van der Waals surface area (Å²) in [5.41, 5.74) is 0.404. The maximum absolute atomic E-state index is 13.5. The molecule has 8 nitrogen and oxygen atoms in total. The van der Waals surface area contributed by atoms with E-state index in [4.69, 9.17) is 13.7 Å². The van der Waals surface area contributed by atoms with Crippen molar-refractivity contribution in [1.29, 1.82) is 0 Å². The zero-order valence-electron chi connectivity index (χ0n) is 16.5. The molecule has 0 saturated carbocycles. The highest BCUT2D eigenvalue weighted by atomic mass is 32.1. The Morgan fingerprint density at radius 1 is 1.19 bits per heavy atom. The first-order valence-corrected chi connectivity index (χ1v) is 10.3.